The first-order valence-corrected chi connectivity index (χ1v) is 10.2. The maximum atomic E-state index is 9.52. The lowest BCUT2D eigenvalue weighted by atomic mass is 10.1. The van der Waals surface area contributed by atoms with E-state index >= 15 is 0 Å². The Morgan fingerprint density at radius 2 is 1.59 bits per heavy atom. The maximum Gasteiger partial charge on any atom is 0.137 e. The molecule has 1 fully saturated rings. The van der Waals surface area contributed by atoms with Crippen molar-refractivity contribution in [3.8, 4) is 17.0 Å². The van der Waals surface area contributed by atoms with Gasteiger partial charge in [0.25, 0.3) is 0 Å². The summed E-state index contributed by atoms with van der Waals surface area (Å²) in [6.07, 6.45) is 2.12. The number of rotatable bonds is 4. The van der Waals surface area contributed by atoms with Gasteiger partial charge in [0.2, 0.25) is 0 Å². The van der Waals surface area contributed by atoms with Gasteiger partial charge in [-0.25, -0.2) is 4.98 Å². The normalized spacial score (nSPS) is 15.1. The lowest BCUT2D eigenvalue weighted by Gasteiger charge is -2.33. The molecule has 1 saturated heterocycles. The summed E-state index contributed by atoms with van der Waals surface area (Å²) >= 11 is 0. The molecule has 1 aliphatic rings. The molecule has 146 valence electrons. The third-order valence-electron chi connectivity index (χ3n) is 5.78. The predicted molar refractivity (Wildman–Crippen MR) is 115 cm³/mol. The highest BCUT2D eigenvalue weighted by molar-refractivity contribution is 5.66. The number of piperazine rings is 1. The van der Waals surface area contributed by atoms with Crippen molar-refractivity contribution < 1.29 is 10.0 Å². The average Bonchev–Trinajstić information content (AvgIpc) is 3.14. The molecule has 3 heterocycles. The summed E-state index contributed by atoms with van der Waals surface area (Å²) in [6.45, 7) is 5.14. The smallest absolute Gasteiger partial charge is 0.137 e. The van der Waals surface area contributed by atoms with Crippen LogP contribution in [0.3, 0.4) is 0 Å². The first kappa shape index (κ1) is 17.8. The fourth-order valence-electron chi connectivity index (χ4n) is 4.20. The van der Waals surface area contributed by atoms with Crippen LogP contribution in [0.5, 0.6) is 5.75 Å². The third kappa shape index (κ3) is 3.57. The van der Waals surface area contributed by atoms with Crippen LogP contribution in [0.25, 0.3) is 16.9 Å². The number of anilines is 1. The highest BCUT2D eigenvalue weighted by atomic mass is 16.3. The maximum absolute atomic E-state index is 9.52. The highest BCUT2D eigenvalue weighted by Crippen LogP contribution is 2.24. The summed E-state index contributed by atoms with van der Waals surface area (Å²) in [5.74, 6) is 0.319. The number of phenolic OH excluding ortho intramolecular Hbond substituents is 1. The minimum absolute atomic E-state index is 0.319. The van der Waals surface area contributed by atoms with Crippen molar-refractivity contribution in [1.82, 2.24) is 9.38 Å². The Labute approximate surface area is 170 Å². The number of hydrogen-bond acceptors (Lipinski definition) is 3. The molecule has 0 saturated carbocycles. The van der Waals surface area contributed by atoms with E-state index in [1.807, 2.05) is 24.3 Å². The summed E-state index contributed by atoms with van der Waals surface area (Å²) < 4.78 is 2.24. The zero-order chi connectivity index (χ0) is 19.6. The molecule has 1 aliphatic heterocycles. The Morgan fingerprint density at radius 3 is 2.34 bits per heavy atom. The molecule has 29 heavy (non-hydrogen) atoms. The van der Waals surface area contributed by atoms with Crippen LogP contribution in [-0.4, -0.2) is 40.7 Å². The molecule has 0 radical (unpaired) electrons. The predicted octanol–water partition coefficient (Wildman–Crippen LogP) is 2.61. The van der Waals surface area contributed by atoms with Gasteiger partial charge < -0.3 is 14.9 Å². The average molecular weight is 385 g/mol. The molecule has 5 rings (SSSR count). The topological polar surface area (TPSA) is 45.2 Å². The molecule has 0 bridgehead atoms. The molecule has 0 unspecified atom stereocenters. The van der Waals surface area contributed by atoms with Gasteiger partial charge >= 0.3 is 0 Å². The van der Waals surface area contributed by atoms with Crippen LogP contribution in [0.4, 0.5) is 5.69 Å². The number of aromatic nitrogens is 2. The first-order chi connectivity index (χ1) is 14.3. The molecule has 2 aromatic carbocycles. The monoisotopic (exact) mass is 385 g/mol. The van der Waals surface area contributed by atoms with Crippen molar-refractivity contribution in [2.75, 3.05) is 31.1 Å². The van der Waals surface area contributed by atoms with Gasteiger partial charge in [-0.15, -0.1) is 0 Å². The second kappa shape index (κ2) is 7.60. The standard InChI is InChI=1S/C24H24N4O/c29-21-11-9-20(10-12-21)27-16-14-26(15-17-27)18-22-24(19-6-2-1-3-7-19)25-23-8-4-5-13-28(22)23/h1-13,29H,14-18H2/p+1. The molecule has 2 N–H and O–H groups in total. The minimum Gasteiger partial charge on any atom is -0.508 e. The van der Waals surface area contributed by atoms with E-state index in [-0.39, 0.29) is 0 Å². The van der Waals surface area contributed by atoms with Crippen LogP contribution < -0.4 is 9.80 Å². The van der Waals surface area contributed by atoms with Crippen molar-refractivity contribution in [3.63, 3.8) is 0 Å². The van der Waals surface area contributed by atoms with E-state index in [0.29, 0.717) is 5.75 Å². The Morgan fingerprint density at radius 1 is 0.862 bits per heavy atom. The Hall–Kier alpha value is -3.31. The number of quaternary nitrogens is 1. The number of fused-ring (bicyclic) bond motifs is 1. The van der Waals surface area contributed by atoms with Crippen molar-refractivity contribution in [1.29, 1.82) is 0 Å². The van der Waals surface area contributed by atoms with Crippen LogP contribution in [0.1, 0.15) is 5.69 Å². The first-order valence-electron chi connectivity index (χ1n) is 10.2. The van der Waals surface area contributed by atoms with E-state index < -0.39 is 0 Å². The van der Waals surface area contributed by atoms with E-state index in [2.05, 4.69) is 51.9 Å². The van der Waals surface area contributed by atoms with Crippen molar-refractivity contribution in [3.05, 3.63) is 84.7 Å². The molecular weight excluding hydrogens is 360 g/mol. The lowest BCUT2D eigenvalue weighted by molar-refractivity contribution is -0.914. The summed E-state index contributed by atoms with van der Waals surface area (Å²) in [6, 6.07) is 24.2. The largest absolute Gasteiger partial charge is 0.508 e. The highest BCUT2D eigenvalue weighted by Gasteiger charge is 2.24. The Bertz CT molecular complexity index is 1100. The zero-order valence-corrected chi connectivity index (χ0v) is 16.3. The van der Waals surface area contributed by atoms with Gasteiger partial charge in [0, 0.05) is 17.4 Å². The van der Waals surface area contributed by atoms with Crippen LogP contribution in [-0.2, 0) is 6.54 Å². The fraction of sp³-hybridized carbons (Fsp3) is 0.208. The second-order valence-corrected chi connectivity index (χ2v) is 7.63. The number of nitrogens with one attached hydrogen (secondary N) is 1. The number of phenols is 1. The minimum atomic E-state index is 0.319. The molecule has 2 aromatic heterocycles. The molecule has 5 heteroatoms. The van der Waals surface area contributed by atoms with Gasteiger partial charge in [0.05, 0.1) is 31.9 Å². The van der Waals surface area contributed by atoms with E-state index in [4.69, 9.17) is 4.98 Å². The van der Waals surface area contributed by atoms with E-state index in [1.165, 1.54) is 16.9 Å². The van der Waals surface area contributed by atoms with Crippen molar-refractivity contribution in [2.24, 2.45) is 0 Å². The summed E-state index contributed by atoms with van der Waals surface area (Å²) in [7, 11) is 0. The number of nitrogens with zero attached hydrogens (tertiary/aromatic N) is 3. The van der Waals surface area contributed by atoms with Crippen LogP contribution in [0, 0.1) is 0 Å². The van der Waals surface area contributed by atoms with Gasteiger partial charge in [0.15, 0.2) is 0 Å². The summed E-state index contributed by atoms with van der Waals surface area (Å²) in [5, 5.41) is 9.52. The lowest BCUT2D eigenvalue weighted by Crippen LogP contribution is -3.13. The Balaban J connectivity index is 1.38. The fourth-order valence-corrected chi connectivity index (χ4v) is 4.20. The summed E-state index contributed by atoms with van der Waals surface area (Å²) in [4.78, 5) is 8.91. The van der Waals surface area contributed by atoms with Gasteiger partial charge in [-0.1, -0.05) is 36.4 Å². The van der Waals surface area contributed by atoms with Gasteiger partial charge in [-0.3, -0.25) is 4.40 Å². The molecule has 0 atom stereocenters. The van der Waals surface area contributed by atoms with E-state index in [9.17, 15) is 5.11 Å². The number of hydrogen-bond donors (Lipinski definition) is 2. The van der Waals surface area contributed by atoms with Gasteiger partial charge in [-0.2, -0.15) is 0 Å². The third-order valence-corrected chi connectivity index (χ3v) is 5.78. The van der Waals surface area contributed by atoms with Crippen molar-refractivity contribution >= 4 is 11.3 Å². The van der Waals surface area contributed by atoms with Gasteiger partial charge in [0.1, 0.15) is 23.6 Å². The number of aromatic hydroxyl groups is 1. The molecule has 5 nitrogen and oxygen atoms in total. The number of pyridine rings is 1. The number of benzene rings is 2. The van der Waals surface area contributed by atoms with Gasteiger partial charge in [-0.05, 0) is 36.4 Å². The van der Waals surface area contributed by atoms with E-state index in [1.54, 1.807) is 17.0 Å². The molecule has 4 aromatic rings. The summed E-state index contributed by atoms with van der Waals surface area (Å²) in [5.41, 5.74) is 5.73. The van der Waals surface area contributed by atoms with Crippen LogP contribution in [0.15, 0.2) is 79.0 Å². The van der Waals surface area contributed by atoms with Crippen molar-refractivity contribution in [2.45, 2.75) is 6.54 Å². The molecule has 0 spiro atoms. The van der Waals surface area contributed by atoms with E-state index in [0.717, 1.165) is 44.1 Å². The van der Waals surface area contributed by atoms with Crippen LogP contribution in [0.2, 0.25) is 0 Å². The van der Waals surface area contributed by atoms with Crippen LogP contribution >= 0.6 is 0 Å². The number of imidazole rings is 1. The second-order valence-electron chi connectivity index (χ2n) is 7.63. The zero-order valence-electron chi connectivity index (χ0n) is 16.3. The molecule has 0 aliphatic carbocycles. The molecule has 0 amide bonds. The molecular formula is C24H25N4O+. The quantitative estimate of drug-likeness (QED) is 0.568. The SMILES string of the molecule is Oc1ccc(N2CC[NH+](Cc3c(-c4ccccc4)nc4ccccn34)CC2)cc1. The Kier molecular flexibility index (Phi) is 4.66.